The molecule has 0 amide bonds. The maximum atomic E-state index is 12.1. The molecule has 0 aromatic heterocycles. The van der Waals surface area contributed by atoms with Crippen molar-refractivity contribution in [1.29, 1.82) is 0 Å². The summed E-state index contributed by atoms with van der Waals surface area (Å²) < 4.78 is 24.1. The molecule has 0 bridgehead atoms. The van der Waals surface area contributed by atoms with Crippen LogP contribution < -0.4 is 5.32 Å². The second-order valence-corrected chi connectivity index (χ2v) is 3.55. The van der Waals surface area contributed by atoms with Gasteiger partial charge in [-0.25, -0.2) is 8.78 Å². The number of hydrogen-bond acceptors (Lipinski definition) is 2. The van der Waals surface area contributed by atoms with Gasteiger partial charge in [0, 0.05) is 12.6 Å². The minimum absolute atomic E-state index is 0.0676. The molecule has 0 radical (unpaired) electrons. The van der Waals surface area contributed by atoms with E-state index >= 15 is 0 Å². The molecule has 13 heavy (non-hydrogen) atoms. The van der Waals surface area contributed by atoms with Gasteiger partial charge in [-0.15, -0.1) is 0 Å². The second kappa shape index (κ2) is 5.50. The first-order valence-electron chi connectivity index (χ1n) is 4.96. The third-order valence-electron chi connectivity index (χ3n) is 2.39. The molecule has 0 aromatic carbocycles. The van der Waals surface area contributed by atoms with Crippen LogP contribution in [0.5, 0.6) is 0 Å². The fourth-order valence-corrected chi connectivity index (χ4v) is 1.87. The van der Waals surface area contributed by atoms with Gasteiger partial charge in [0.1, 0.15) is 0 Å². The number of likely N-dealkylation sites (N-methyl/N-ethyl adjacent to an activating group) is 1. The Morgan fingerprint density at radius 3 is 2.92 bits per heavy atom. The highest BCUT2D eigenvalue weighted by molar-refractivity contribution is 4.77. The van der Waals surface area contributed by atoms with Gasteiger partial charge in [0.15, 0.2) is 0 Å². The molecular formula is C9H18F2N2. The van der Waals surface area contributed by atoms with E-state index in [0.717, 1.165) is 32.5 Å². The Labute approximate surface area is 78.3 Å². The molecule has 0 saturated carbocycles. The van der Waals surface area contributed by atoms with E-state index in [-0.39, 0.29) is 6.54 Å². The lowest BCUT2D eigenvalue weighted by Gasteiger charge is -2.32. The Kier molecular flexibility index (Phi) is 4.59. The van der Waals surface area contributed by atoms with E-state index in [1.807, 2.05) is 11.8 Å². The van der Waals surface area contributed by atoms with E-state index in [1.54, 1.807) is 0 Å². The fourth-order valence-electron chi connectivity index (χ4n) is 1.87. The van der Waals surface area contributed by atoms with E-state index in [4.69, 9.17) is 0 Å². The summed E-state index contributed by atoms with van der Waals surface area (Å²) in [4.78, 5) is 1.85. The van der Waals surface area contributed by atoms with Crippen LogP contribution in [0.4, 0.5) is 8.78 Å². The zero-order valence-corrected chi connectivity index (χ0v) is 8.10. The Morgan fingerprint density at radius 1 is 1.54 bits per heavy atom. The molecule has 0 spiro atoms. The molecular weight excluding hydrogens is 174 g/mol. The van der Waals surface area contributed by atoms with Crippen molar-refractivity contribution in [2.75, 3.05) is 26.2 Å². The second-order valence-electron chi connectivity index (χ2n) is 3.55. The first kappa shape index (κ1) is 10.9. The normalized spacial score (nSPS) is 25.4. The summed E-state index contributed by atoms with van der Waals surface area (Å²) >= 11 is 0. The van der Waals surface area contributed by atoms with Gasteiger partial charge >= 0.3 is 0 Å². The Balaban J connectivity index is 2.24. The molecule has 1 aliphatic heterocycles. The molecule has 0 aromatic rings. The Hall–Kier alpha value is -0.220. The van der Waals surface area contributed by atoms with E-state index < -0.39 is 6.43 Å². The lowest BCUT2D eigenvalue weighted by atomic mass is 10.1. The van der Waals surface area contributed by atoms with Gasteiger partial charge in [0.25, 0.3) is 6.43 Å². The number of nitrogens with one attached hydrogen (secondary N) is 1. The Morgan fingerprint density at radius 2 is 2.31 bits per heavy atom. The number of piperidine rings is 1. The molecule has 1 fully saturated rings. The molecule has 78 valence electrons. The van der Waals surface area contributed by atoms with Crippen molar-refractivity contribution in [3.05, 3.63) is 0 Å². The van der Waals surface area contributed by atoms with E-state index in [0.29, 0.717) is 6.04 Å². The molecule has 1 unspecified atom stereocenters. The molecule has 1 heterocycles. The minimum Gasteiger partial charge on any atom is -0.313 e. The van der Waals surface area contributed by atoms with Crippen LogP contribution in [0.2, 0.25) is 0 Å². The highest BCUT2D eigenvalue weighted by Gasteiger charge is 2.20. The highest BCUT2D eigenvalue weighted by Crippen LogP contribution is 2.11. The summed E-state index contributed by atoms with van der Waals surface area (Å²) in [6.07, 6.45) is -0.0433. The summed E-state index contributed by atoms with van der Waals surface area (Å²) in [5.41, 5.74) is 0. The van der Waals surface area contributed by atoms with Gasteiger partial charge < -0.3 is 5.32 Å². The van der Waals surface area contributed by atoms with Gasteiger partial charge in [-0.1, -0.05) is 6.92 Å². The summed E-state index contributed by atoms with van der Waals surface area (Å²) in [6.45, 7) is 4.51. The summed E-state index contributed by atoms with van der Waals surface area (Å²) in [6, 6.07) is 0.414. The predicted molar refractivity (Wildman–Crippen MR) is 49.1 cm³/mol. The lowest BCUT2D eigenvalue weighted by molar-refractivity contribution is 0.0709. The quantitative estimate of drug-likeness (QED) is 0.722. The minimum atomic E-state index is -2.19. The maximum Gasteiger partial charge on any atom is 0.251 e. The van der Waals surface area contributed by atoms with Gasteiger partial charge in [-0.05, 0) is 25.9 Å². The van der Waals surface area contributed by atoms with Gasteiger partial charge in [-0.2, -0.15) is 0 Å². The molecule has 1 atom stereocenters. The number of nitrogens with zero attached hydrogens (tertiary/aromatic N) is 1. The third-order valence-corrected chi connectivity index (χ3v) is 2.39. The number of alkyl halides is 2. The smallest absolute Gasteiger partial charge is 0.251 e. The largest absolute Gasteiger partial charge is 0.313 e. The zero-order chi connectivity index (χ0) is 9.68. The number of likely N-dealkylation sites (tertiary alicyclic amines) is 1. The number of rotatable bonds is 4. The topological polar surface area (TPSA) is 15.3 Å². The van der Waals surface area contributed by atoms with Gasteiger partial charge in [-0.3, -0.25) is 4.90 Å². The SMILES string of the molecule is CCNC1CCCN(CC(F)F)C1. The molecule has 4 heteroatoms. The van der Waals surface area contributed by atoms with Crippen molar-refractivity contribution in [2.24, 2.45) is 0 Å². The Bertz CT molecular complexity index is 140. The van der Waals surface area contributed by atoms with E-state index in [2.05, 4.69) is 5.32 Å². The summed E-state index contributed by atoms with van der Waals surface area (Å²) in [7, 11) is 0. The zero-order valence-electron chi connectivity index (χ0n) is 8.10. The van der Waals surface area contributed by atoms with Crippen molar-refractivity contribution in [3.8, 4) is 0 Å². The third kappa shape index (κ3) is 4.00. The maximum absolute atomic E-state index is 12.1. The van der Waals surface area contributed by atoms with Crippen LogP contribution in [0.15, 0.2) is 0 Å². The molecule has 1 rings (SSSR count). The lowest BCUT2D eigenvalue weighted by Crippen LogP contribution is -2.46. The average Bonchev–Trinajstić information content (AvgIpc) is 2.04. The molecule has 1 aliphatic rings. The molecule has 0 aliphatic carbocycles. The first-order chi connectivity index (χ1) is 6.22. The molecule has 1 N–H and O–H groups in total. The van der Waals surface area contributed by atoms with Crippen LogP contribution in [0.1, 0.15) is 19.8 Å². The van der Waals surface area contributed by atoms with Crippen molar-refractivity contribution in [2.45, 2.75) is 32.2 Å². The monoisotopic (exact) mass is 192 g/mol. The number of hydrogen-bond donors (Lipinski definition) is 1. The van der Waals surface area contributed by atoms with Gasteiger partial charge in [0.05, 0.1) is 6.54 Å². The van der Waals surface area contributed by atoms with Crippen molar-refractivity contribution in [1.82, 2.24) is 10.2 Å². The van der Waals surface area contributed by atoms with Gasteiger partial charge in [0.2, 0.25) is 0 Å². The fraction of sp³-hybridized carbons (Fsp3) is 1.00. The molecule has 1 saturated heterocycles. The van der Waals surface area contributed by atoms with Crippen LogP contribution in [-0.4, -0.2) is 43.5 Å². The predicted octanol–water partition coefficient (Wildman–Crippen LogP) is 1.33. The van der Waals surface area contributed by atoms with Crippen LogP contribution in [0.25, 0.3) is 0 Å². The molecule has 2 nitrogen and oxygen atoms in total. The van der Waals surface area contributed by atoms with Crippen LogP contribution >= 0.6 is 0 Å². The summed E-state index contributed by atoms with van der Waals surface area (Å²) in [5, 5.41) is 3.30. The summed E-state index contributed by atoms with van der Waals surface area (Å²) in [5.74, 6) is 0. The number of halogens is 2. The van der Waals surface area contributed by atoms with Crippen molar-refractivity contribution < 1.29 is 8.78 Å². The standard InChI is InChI=1S/C9H18F2N2/c1-2-12-8-4-3-5-13(6-8)7-9(10)11/h8-9,12H,2-7H2,1H3. The highest BCUT2D eigenvalue weighted by atomic mass is 19.3. The van der Waals surface area contributed by atoms with Crippen LogP contribution in [-0.2, 0) is 0 Å². The first-order valence-corrected chi connectivity index (χ1v) is 4.96. The van der Waals surface area contributed by atoms with E-state index in [9.17, 15) is 8.78 Å². The van der Waals surface area contributed by atoms with Crippen molar-refractivity contribution >= 4 is 0 Å². The van der Waals surface area contributed by atoms with Crippen LogP contribution in [0, 0.1) is 0 Å². The average molecular weight is 192 g/mol. The van der Waals surface area contributed by atoms with Crippen molar-refractivity contribution in [3.63, 3.8) is 0 Å². The van der Waals surface area contributed by atoms with Crippen LogP contribution in [0.3, 0.4) is 0 Å². The van der Waals surface area contributed by atoms with E-state index in [1.165, 1.54) is 0 Å².